The van der Waals surface area contributed by atoms with E-state index in [9.17, 15) is 24.3 Å². The first-order valence-corrected chi connectivity index (χ1v) is 19.4. The molecule has 1 heterocycles. The maximum absolute atomic E-state index is 14.2. The first-order chi connectivity index (χ1) is 27.5. The van der Waals surface area contributed by atoms with Gasteiger partial charge < -0.3 is 25.2 Å². The van der Waals surface area contributed by atoms with E-state index in [4.69, 9.17) is 9.47 Å². The van der Waals surface area contributed by atoms with Gasteiger partial charge in [0.1, 0.15) is 12.6 Å². The number of benzene rings is 3. The van der Waals surface area contributed by atoms with Gasteiger partial charge in [-0.2, -0.15) is 0 Å². The van der Waals surface area contributed by atoms with E-state index >= 15 is 0 Å². The number of hydrogen-bond donors (Lipinski definition) is 5. The summed E-state index contributed by atoms with van der Waals surface area (Å²) in [6, 6.07) is 29.4. The van der Waals surface area contributed by atoms with Gasteiger partial charge in [0.2, 0.25) is 5.91 Å². The number of ether oxygens (including phenoxy) is 2. The maximum atomic E-state index is 14.2. The van der Waals surface area contributed by atoms with E-state index in [1.54, 1.807) is 11.2 Å². The van der Waals surface area contributed by atoms with Crippen LogP contribution in [0, 0.1) is 10.8 Å². The van der Waals surface area contributed by atoms with Crippen molar-refractivity contribution in [3.05, 3.63) is 126 Å². The van der Waals surface area contributed by atoms with E-state index in [0.29, 0.717) is 0 Å². The van der Waals surface area contributed by atoms with Crippen LogP contribution in [0.15, 0.2) is 109 Å². The first kappa shape index (κ1) is 45.1. The predicted molar refractivity (Wildman–Crippen MR) is 223 cm³/mol. The number of methoxy groups -OCH3 is 1. The quantitative estimate of drug-likeness (QED) is 0.0668. The van der Waals surface area contributed by atoms with E-state index in [-0.39, 0.29) is 32.7 Å². The van der Waals surface area contributed by atoms with E-state index in [1.165, 1.54) is 7.11 Å². The lowest BCUT2D eigenvalue weighted by molar-refractivity contribution is -0.140. The highest BCUT2D eigenvalue weighted by Crippen LogP contribution is 2.23. The zero-order chi connectivity index (χ0) is 42.3. The maximum Gasteiger partial charge on any atom is 0.408 e. The van der Waals surface area contributed by atoms with Gasteiger partial charge in [-0.1, -0.05) is 133 Å². The van der Waals surface area contributed by atoms with E-state index in [1.807, 2.05) is 145 Å². The standard InChI is InChI=1S/C45H58N6O7/c1-44(2,3)39(47-27-38(53)57-7)41(54)48-36(26-31-16-10-8-11-17-31)37(52)29-51(28-32-21-23-34(24-22-32)35-20-14-15-25-46-35)50-42(55)40(45(4,5)6)49-43(56)58-30-33-18-12-9-13-19-33/h8-25,36-37,39-40,47,52H,26-30H2,1-7H3,(H,48,54)(H,49,56)(H,50,55)/t36-,37-,39+,40+/m0/s1. The van der Waals surface area contributed by atoms with Gasteiger partial charge in [0, 0.05) is 24.8 Å². The SMILES string of the molecule is COC(=O)CN[C@H](C(=O)N[C@@H](Cc1ccccc1)[C@@H](O)CN(Cc1ccc(-c2ccccn2)cc1)NC(=O)[C@@H](NC(=O)OCc1ccccc1)C(C)(C)C)C(C)(C)C. The van der Waals surface area contributed by atoms with Crippen LogP contribution < -0.4 is 21.4 Å². The number of nitrogens with zero attached hydrogens (tertiary/aromatic N) is 2. The summed E-state index contributed by atoms with van der Waals surface area (Å²) in [5, 5.41) is 22.4. The molecule has 5 N–H and O–H groups in total. The molecule has 0 spiro atoms. The zero-order valence-corrected chi connectivity index (χ0v) is 34.5. The van der Waals surface area contributed by atoms with Gasteiger partial charge in [-0.3, -0.25) is 30.1 Å². The number of rotatable bonds is 18. The Morgan fingerprint density at radius 1 is 0.724 bits per heavy atom. The molecule has 58 heavy (non-hydrogen) atoms. The molecule has 4 aromatic rings. The molecule has 0 saturated carbocycles. The van der Waals surface area contributed by atoms with Crippen LogP contribution in [0.2, 0.25) is 0 Å². The summed E-state index contributed by atoms with van der Waals surface area (Å²) in [4.78, 5) is 57.6. The van der Waals surface area contributed by atoms with Gasteiger partial charge in [-0.25, -0.2) is 9.80 Å². The highest BCUT2D eigenvalue weighted by atomic mass is 16.5. The Bertz CT molecular complexity index is 1900. The molecule has 3 aromatic carbocycles. The number of pyridine rings is 1. The molecular weight excluding hydrogens is 737 g/mol. The highest BCUT2D eigenvalue weighted by molar-refractivity contribution is 5.86. The molecule has 0 saturated heterocycles. The number of aliphatic hydroxyl groups excluding tert-OH is 1. The number of esters is 1. The van der Waals surface area contributed by atoms with Crippen LogP contribution in [0.3, 0.4) is 0 Å². The summed E-state index contributed by atoms with van der Waals surface area (Å²) in [7, 11) is 1.28. The monoisotopic (exact) mass is 794 g/mol. The highest BCUT2D eigenvalue weighted by Gasteiger charge is 2.37. The molecule has 0 aliphatic heterocycles. The average Bonchev–Trinajstić information content (AvgIpc) is 3.19. The lowest BCUT2D eigenvalue weighted by Gasteiger charge is -2.36. The summed E-state index contributed by atoms with van der Waals surface area (Å²) in [5.41, 5.74) is 5.81. The van der Waals surface area contributed by atoms with Crippen molar-refractivity contribution < 1.29 is 33.8 Å². The van der Waals surface area contributed by atoms with Crippen LogP contribution in [0.1, 0.15) is 58.2 Å². The number of hydrazine groups is 1. The Morgan fingerprint density at radius 2 is 1.33 bits per heavy atom. The van der Waals surface area contributed by atoms with Crippen LogP contribution in [-0.4, -0.2) is 83.4 Å². The fourth-order valence-corrected chi connectivity index (χ4v) is 6.28. The molecule has 3 amide bonds. The Morgan fingerprint density at radius 3 is 1.90 bits per heavy atom. The normalized spacial score (nSPS) is 13.7. The van der Waals surface area contributed by atoms with Crippen molar-refractivity contribution in [2.45, 2.75) is 85.3 Å². The van der Waals surface area contributed by atoms with Crippen LogP contribution >= 0.6 is 0 Å². The van der Waals surface area contributed by atoms with E-state index in [0.717, 1.165) is 27.9 Å². The van der Waals surface area contributed by atoms with Crippen molar-refractivity contribution in [1.82, 2.24) is 31.4 Å². The molecule has 0 bridgehead atoms. The molecule has 310 valence electrons. The second-order valence-corrected chi connectivity index (χ2v) is 16.4. The van der Waals surface area contributed by atoms with E-state index in [2.05, 4.69) is 26.4 Å². The molecule has 0 aliphatic carbocycles. The molecule has 1 aromatic heterocycles. The minimum Gasteiger partial charge on any atom is -0.468 e. The summed E-state index contributed by atoms with van der Waals surface area (Å²) >= 11 is 0. The molecular formula is C45H58N6O7. The minimum atomic E-state index is -1.21. The van der Waals surface area contributed by atoms with Crippen LogP contribution in [0.5, 0.6) is 0 Å². The summed E-state index contributed by atoms with van der Waals surface area (Å²) < 4.78 is 10.2. The van der Waals surface area contributed by atoms with Crippen LogP contribution in [0.4, 0.5) is 4.79 Å². The molecule has 0 aliphatic rings. The third-order valence-corrected chi connectivity index (χ3v) is 9.46. The molecule has 13 nitrogen and oxygen atoms in total. The fraction of sp³-hybridized carbons (Fsp3) is 0.400. The van der Waals surface area contributed by atoms with Crippen molar-refractivity contribution in [2.75, 3.05) is 20.2 Å². The third-order valence-electron chi connectivity index (χ3n) is 9.46. The lowest BCUT2D eigenvalue weighted by Crippen LogP contribution is -2.60. The van der Waals surface area contributed by atoms with Gasteiger partial charge in [-0.15, -0.1) is 0 Å². The van der Waals surface area contributed by atoms with Crippen molar-refractivity contribution in [3.63, 3.8) is 0 Å². The Balaban J connectivity index is 1.61. The summed E-state index contributed by atoms with van der Waals surface area (Å²) in [6.07, 6.45) is 0.0234. The zero-order valence-electron chi connectivity index (χ0n) is 34.5. The second kappa shape index (κ2) is 21.2. The molecule has 0 radical (unpaired) electrons. The Hall–Kier alpha value is -5.63. The van der Waals surface area contributed by atoms with Crippen LogP contribution in [0.25, 0.3) is 11.3 Å². The van der Waals surface area contributed by atoms with E-state index < -0.39 is 58.9 Å². The molecule has 4 atom stereocenters. The number of aliphatic hydroxyl groups is 1. The molecule has 13 heteroatoms. The van der Waals surface area contributed by atoms with Gasteiger partial charge in [0.15, 0.2) is 0 Å². The van der Waals surface area contributed by atoms with Gasteiger partial charge in [0.25, 0.3) is 5.91 Å². The van der Waals surface area contributed by atoms with Crippen molar-refractivity contribution >= 4 is 23.9 Å². The Kier molecular flexibility index (Phi) is 16.5. The number of carbonyl (C=O) groups excluding carboxylic acids is 4. The fourth-order valence-electron chi connectivity index (χ4n) is 6.28. The molecule has 4 rings (SSSR count). The second-order valence-electron chi connectivity index (χ2n) is 16.4. The number of carbonyl (C=O) groups is 4. The minimum absolute atomic E-state index is 0.0285. The number of alkyl carbamates (subject to hydrolysis) is 1. The molecule has 0 unspecified atom stereocenters. The number of amides is 3. The van der Waals surface area contributed by atoms with Gasteiger partial charge in [-0.05, 0) is 46.1 Å². The topological polar surface area (TPSA) is 171 Å². The smallest absolute Gasteiger partial charge is 0.408 e. The van der Waals surface area contributed by atoms with Crippen molar-refractivity contribution in [3.8, 4) is 11.3 Å². The van der Waals surface area contributed by atoms with Crippen molar-refractivity contribution in [2.24, 2.45) is 10.8 Å². The number of nitrogens with one attached hydrogen (secondary N) is 4. The largest absolute Gasteiger partial charge is 0.468 e. The summed E-state index contributed by atoms with van der Waals surface area (Å²) in [6.45, 7) is 11.0. The van der Waals surface area contributed by atoms with Crippen molar-refractivity contribution in [1.29, 1.82) is 0 Å². The number of aromatic nitrogens is 1. The predicted octanol–water partition coefficient (Wildman–Crippen LogP) is 5.19. The third kappa shape index (κ3) is 14.4. The van der Waals surface area contributed by atoms with Gasteiger partial charge >= 0.3 is 12.1 Å². The number of hydrogen-bond acceptors (Lipinski definition) is 10. The Labute approximate surface area is 341 Å². The summed E-state index contributed by atoms with van der Waals surface area (Å²) in [5.74, 6) is -1.46. The molecule has 0 fully saturated rings. The lowest BCUT2D eigenvalue weighted by atomic mass is 9.85. The first-order valence-electron chi connectivity index (χ1n) is 19.4. The average molecular weight is 795 g/mol. The van der Waals surface area contributed by atoms with Crippen LogP contribution in [-0.2, 0) is 43.4 Å². The van der Waals surface area contributed by atoms with Gasteiger partial charge in [0.05, 0.1) is 37.5 Å².